The van der Waals surface area contributed by atoms with Gasteiger partial charge in [-0.3, -0.25) is 4.90 Å². The lowest BCUT2D eigenvalue weighted by Crippen LogP contribution is -2.49. The Bertz CT molecular complexity index is 658. The normalized spacial score (nSPS) is 22.8. The second-order valence-electron chi connectivity index (χ2n) is 8.65. The van der Waals surface area contributed by atoms with Crippen molar-refractivity contribution in [2.75, 3.05) is 20.3 Å². The maximum Gasteiger partial charge on any atom is 0.410 e. The molecule has 8 nitrogen and oxygen atoms in total. The summed E-state index contributed by atoms with van der Waals surface area (Å²) < 4.78 is 16.1. The van der Waals surface area contributed by atoms with Crippen LogP contribution in [-0.4, -0.2) is 76.5 Å². The number of hydrogen-bond acceptors (Lipinski definition) is 7. The van der Waals surface area contributed by atoms with Crippen LogP contribution < -0.4 is 4.74 Å². The Morgan fingerprint density at radius 2 is 1.87 bits per heavy atom. The van der Waals surface area contributed by atoms with E-state index < -0.39 is 36.0 Å². The van der Waals surface area contributed by atoms with Crippen molar-refractivity contribution in [3.05, 3.63) is 29.8 Å². The Labute approximate surface area is 178 Å². The van der Waals surface area contributed by atoms with Gasteiger partial charge in [0, 0.05) is 6.61 Å². The first-order valence-corrected chi connectivity index (χ1v) is 10.4. The topological polar surface area (TPSA) is 109 Å². The zero-order valence-corrected chi connectivity index (χ0v) is 18.3. The van der Waals surface area contributed by atoms with Crippen molar-refractivity contribution in [2.24, 2.45) is 0 Å². The van der Waals surface area contributed by atoms with Crippen LogP contribution in [0.25, 0.3) is 0 Å². The number of aliphatic hydroxyl groups is 3. The summed E-state index contributed by atoms with van der Waals surface area (Å²) in [7, 11) is 1.62. The van der Waals surface area contributed by atoms with Gasteiger partial charge < -0.3 is 29.5 Å². The van der Waals surface area contributed by atoms with Gasteiger partial charge in [-0.15, -0.1) is 0 Å². The van der Waals surface area contributed by atoms with Gasteiger partial charge in [-0.1, -0.05) is 12.1 Å². The van der Waals surface area contributed by atoms with Gasteiger partial charge in [0.25, 0.3) is 0 Å². The molecule has 1 aromatic rings. The van der Waals surface area contributed by atoms with Crippen LogP contribution in [-0.2, 0) is 16.1 Å². The summed E-state index contributed by atoms with van der Waals surface area (Å²) in [5.41, 5.74) is 0.346. The molecular weight excluding hydrogens is 390 g/mol. The fourth-order valence-corrected chi connectivity index (χ4v) is 3.44. The molecule has 0 aromatic heterocycles. The molecule has 1 saturated heterocycles. The molecule has 1 fully saturated rings. The first kappa shape index (κ1) is 24.4. The Morgan fingerprint density at radius 3 is 2.47 bits per heavy atom. The Morgan fingerprint density at radius 1 is 1.20 bits per heavy atom. The molecule has 0 radical (unpaired) electrons. The average molecular weight is 426 g/mol. The molecule has 0 aliphatic carbocycles. The van der Waals surface area contributed by atoms with E-state index in [1.165, 1.54) is 4.90 Å². The minimum absolute atomic E-state index is 0.0667. The number of unbranched alkanes of at least 4 members (excludes halogenated alkanes) is 1. The predicted octanol–water partition coefficient (Wildman–Crippen LogP) is 2.08. The van der Waals surface area contributed by atoms with Gasteiger partial charge in [-0.25, -0.2) is 4.79 Å². The predicted molar refractivity (Wildman–Crippen MR) is 111 cm³/mol. The molecule has 1 aromatic carbocycles. The molecule has 170 valence electrons. The third-order valence-electron chi connectivity index (χ3n) is 4.98. The summed E-state index contributed by atoms with van der Waals surface area (Å²) in [5.74, 6) is 0.799. The molecule has 4 atom stereocenters. The Kier molecular flexibility index (Phi) is 8.91. The highest BCUT2D eigenvalue weighted by Crippen LogP contribution is 2.26. The van der Waals surface area contributed by atoms with E-state index in [0.717, 1.165) is 17.7 Å². The van der Waals surface area contributed by atoms with Crippen LogP contribution in [0.4, 0.5) is 4.79 Å². The number of nitrogens with zero attached hydrogens (tertiary/aromatic N) is 1. The van der Waals surface area contributed by atoms with Crippen molar-refractivity contribution >= 4 is 6.09 Å². The van der Waals surface area contributed by atoms with Crippen molar-refractivity contribution in [2.45, 2.75) is 76.6 Å². The number of hydrogen-bond donors (Lipinski definition) is 3. The lowest BCUT2D eigenvalue weighted by Gasteiger charge is -2.32. The van der Waals surface area contributed by atoms with Crippen LogP contribution in [0.1, 0.15) is 45.6 Å². The minimum atomic E-state index is -1.21. The van der Waals surface area contributed by atoms with Crippen molar-refractivity contribution in [3.63, 3.8) is 0 Å². The third kappa shape index (κ3) is 7.12. The highest BCUT2D eigenvalue weighted by molar-refractivity contribution is 5.69. The Balaban J connectivity index is 1.75. The third-order valence-corrected chi connectivity index (χ3v) is 4.98. The number of benzene rings is 1. The van der Waals surface area contributed by atoms with E-state index in [1.54, 1.807) is 27.9 Å². The molecule has 30 heavy (non-hydrogen) atoms. The van der Waals surface area contributed by atoms with Crippen molar-refractivity contribution < 1.29 is 34.3 Å². The zero-order chi connectivity index (χ0) is 22.3. The van der Waals surface area contributed by atoms with Crippen LogP contribution in [0.3, 0.4) is 0 Å². The molecular formula is C22H35NO7. The van der Waals surface area contributed by atoms with E-state index in [2.05, 4.69) is 0 Å². The van der Waals surface area contributed by atoms with Crippen molar-refractivity contribution in [1.82, 2.24) is 4.90 Å². The number of aliphatic hydroxyl groups excluding tert-OH is 3. The molecule has 8 heteroatoms. The van der Waals surface area contributed by atoms with Gasteiger partial charge in [-0.05, 0) is 57.7 Å². The number of carbonyl (C=O) groups excluding carboxylic acids is 1. The maximum absolute atomic E-state index is 12.4. The summed E-state index contributed by atoms with van der Waals surface area (Å²) in [6.07, 6.45) is -2.17. The molecule has 2 rings (SSSR count). The lowest BCUT2D eigenvalue weighted by molar-refractivity contribution is -0.0264. The van der Waals surface area contributed by atoms with Crippen LogP contribution in [0.2, 0.25) is 0 Å². The molecule has 1 aliphatic rings. The van der Waals surface area contributed by atoms with Crippen LogP contribution >= 0.6 is 0 Å². The number of carbonyl (C=O) groups is 1. The van der Waals surface area contributed by atoms with Crippen molar-refractivity contribution in [3.8, 4) is 5.75 Å². The fourth-order valence-electron chi connectivity index (χ4n) is 3.44. The number of amides is 1. The summed E-state index contributed by atoms with van der Waals surface area (Å²) >= 11 is 0. The number of ether oxygens (including phenoxy) is 3. The fraction of sp³-hybridized carbons (Fsp3) is 0.682. The second kappa shape index (κ2) is 10.9. The Hall–Kier alpha value is -1.87. The maximum atomic E-state index is 12.4. The molecule has 1 aliphatic heterocycles. The largest absolute Gasteiger partial charge is 0.497 e. The van der Waals surface area contributed by atoms with E-state index in [-0.39, 0.29) is 6.54 Å². The minimum Gasteiger partial charge on any atom is -0.497 e. The van der Waals surface area contributed by atoms with Gasteiger partial charge >= 0.3 is 6.09 Å². The van der Waals surface area contributed by atoms with Gasteiger partial charge in [0.15, 0.2) is 0 Å². The smallest absolute Gasteiger partial charge is 0.410 e. The second-order valence-corrected chi connectivity index (χ2v) is 8.65. The highest BCUT2D eigenvalue weighted by atomic mass is 16.6. The monoisotopic (exact) mass is 425 g/mol. The summed E-state index contributed by atoms with van der Waals surface area (Å²) in [6.45, 7) is 6.18. The first-order valence-electron chi connectivity index (χ1n) is 10.4. The number of likely N-dealkylation sites (tertiary alicyclic amines) is 1. The van der Waals surface area contributed by atoms with E-state index in [0.29, 0.717) is 26.1 Å². The van der Waals surface area contributed by atoms with Gasteiger partial charge in [0.1, 0.15) is 17.5 Å². The van der Waals surface area contributed by atoms with Crippen LogP contribution in [0, 0.1) is 0 Å². The molecule has 0 spiro atoms. The first-order chi connectivity index (χ1) is 14.1. The lowest BCUT2D eigenvalue weighted by atomic mass is 10.00. The summed E-state index contributed by atoms with van der Waals surface area (Å²) in [5, 5.41) is 30.8. The molecule has 3 N–H and O–H groups in total. The van der Waals surface area contributed by atoms with Gasteiger partial charge in [-0.2, -0.15) is 0 Å². The average Bonchev–Trinajstić information content (AvgIpc) is 2.98. The van der Waals surface area contributed by atoms with Crippen LogP contribution in [0.15, 0.2) is 24.3 Å². The summed E-state index contributed by atoms with van der Waals surface area (Å²) in [4.78, 5) is 13.6. The quantitative estimate of drug-likeness (QED) is 0.520. The van der Waals surface area contributed by atoms with E-state index in [4.69, 9.17) is 14.2 Å². The molecule has 0 bridgehead atoms. The molecule has 1 amide bonds. The number of β-amino-alcohol motifs (C(OH)–C–C–N with tert-alkyl or cyclic N) is 1. The standard InChI is InChI=1S/C22H35NO7/c1-22(2,3)30-21(27)23-13-18(25)20(26)19(23)17(24)7-5-6-12-29-14-15-8-10-16(28-4)11-9-15/h8-11,17-20,24-26H,5-7,12-14H2,1-4H3/t17-,18-,19+,20-/m0/s1. The number of rotatable bonds is 9. The van der Waals surface area contributed by atoms with Crippen LogP contribution in [0.5, 0.6) is 5.75 Å². The van der Waals surface area contributed by atoms with E-state index >= 15 is 0 Å². The van der Waals surface area contributed by atoms with E-state index in [9.17, 15) is 20.1 Å². The molecule has 1 heterocycles. The molecule has 0 saturated carbocycles. The van der Waals surface area contributed by atoms with E-state index in [1.807, 2.05) is 24.3 Å². The van der Waals surface area contributed by atoms with Crippen molar-refractivity contribution in [1.29, 1.82) is 0 Å². The SMILES string of the molecule is COc1ccc(COCCCC[C@H](O)[C@@H]2[C@@H](O)[C@@H](O)CN2C(=O)OC(C)(C)C)cc1. The molecule has 0 unspecified atom stereocenters. The zero-order valence-electron chi connectivity index (χ0n) is 18.3. The summed E-state index contributed by atoms with van der Waals surface area (Å²) in [6, 6.07) is 6.76. The van der Waals surface area contributed by atoms with Gasteiger partial charge in [0.05, 0.1) is 38.5 Å². The number of methoxy groups -OCH3 is 1. The highest BCUT2D eigenvalue weighted by Gasteiger charge is 2.47. The van der Waals surface area contributed by atoms with Gasteiger partial charge in [0.2, 0.25) is 0 Å².